The Morgan fingerprint density at radius 2 is 2.47 bits per heavy atom. The Labute approximate surface area is 109 Å². The molecule has 1 unspecified atom stereocenters. The minimum atomic E-state index is -0.959. The van der Waals surface area contributed by atoms with Crippen LogP contribution in [0.25, 0.3) is 10.4 Å². The standard InChI is InChI=1S/C12H14N4O3/c13-16-15-5-4-14-11(12(17)18)9-1-2-10-8(7-9)3-6-19-10/h1-2,7,11,14H,3-6H2,(H,17,18). The number of hydrogen-bond acceptors (Lipinski definition) is 4. The van der Waals surface area contributed by atoms with Crippen LogP contribution in [0.1, 0.15) is 17.2 Å². The van der Waals surface area contributed by atoms with Gasteiger partial charge in [0, 0.05) is 24.4 Å². The summed E-state index contributed by atoms with van der Waals surface area (Å²) in [6.07, 6.45) is 0.800. The molecule has 1 aliphatic heterocycles. The Morgan fingerprint density at radius 3 is 3.21 bits per heavy atom. The van der Waals surface area contributed by atoms with Crippen LogP contribution in [0.3, 0.4) is 0 Å². The lowest BCUT2D eigenvalue weighted by Gasteiger charge is -2.15. The maximum atomic E-state index is 11.3. The summed E-state index contributed by atoms with van der Waals surface area (Å²) >= 11 is 0. The third kappa shape index (κ3) is 3.15. The predicted octanol–water partition coefficient (Wildman–Crippen LogP) is 1.65. The van der Waals surface area contributed by atoms with Crippen LogP contribution >= 0.6 is 0 Å². The van der Waals surface area contributed by atoms with E-state index < -0.39 is 12.0 Å². The minimum absolute atomic E-state index is 0.217. The molecule has 1 atom stereocenters. The molecule has 1 heterocycles. The molecule has 100 valence electrons. The number of carboxylic acids is 1. The van der Waals surface area contributed by atoms with Gasteiger partial charge in [-0.25, -0.2) is 0 Å². The molecule has 7 heteroatoms. The molecule has 1 aromatic rings. The fourth-order valence-corrected chi connectivity index (χ4v) is 2.04. The van der Waals surface area contributed by atoms with Gasteiger partial charge in [-0.1, -0.05) is 11.2 Å². The van der Waals surface area contributed by atoms with E-state index in [0.29, 0.717) is 18.7 Å². The van der Waals surface area contributed by atoms with Crippen molar-refractivity contribution in [2.24, 2.45) is 5.11 Å². The van der Waals surface area contributed by atoms with Crippen molar-refractivity contribution in [2.45, 2.75) is 12.5 Å². The molecule has 2 rings (SSSR count). The highest BCUT2D eigenvalue weighted by Crippen LogP contribution is 2.28. The van der Waals surface area contributed by atoms with Crippen molar-refractivity contribution in [3.63, 3.8) is 0 Å². The molecule has 0 fully saturated rings. The summed E-state index contributed by atoms with van der Waals surface area (Å²) in [5, 5.41) is 15.5. The second-order valence-corrected chi connectivity index (χ2v) is 4.15. The number of benzene rings is 1. The smallest absolute Gasteiger partial charge is 0.325 e. The van der Waals surface area contributed by atoms with E-state index in [1.54, 1.807) is 12.1 Å². The Balaban J connectivity index is 2.10. The number of aliphatic carboxylic acids is 1. The SMILES string of the molecule is [N-]=[N+]=NCCNC(C(=O)O)c1ccc2c(c1)CCO2. The number of nitrogens with zero attached hydrogens (tertiary/aromatic N) is 3. The van der Waals surface area contributed by atoms with Crippen molar-refractivity contribution in [2.75, 3.05) is 19.7 Å². The van der Waals surface area contributed by atoms with Crippen LogP contribution < -0.4 is 10.1 Å². The van der Waals surface area contributed by atoms with Gasteiger partial charge in [0.1, 0.15) is 11.8 Å². The molecule has 2 N–H and O–H groups in total. The van der Waals surface area contributed by atoms with Gasteiger partial charge < -0.3 is 15.2 Å². The first-order valence-corrected chi connectivity index (χ1v) is 5.95. The van der Waals surface area contributed by atoms with Gasteiger partial charge >= 0.3 is 5.97 Å². The highest BCUT2D eigenvalue weighted by molar-refractivity contribution is 5.75. The van der Waals surface area contributed by atoms with E-state index in [0.717, 1.165) is 17.7 Å². The van der Waals surface area contributed by atoms with Crippen LogP contribution in [0.15, 0.2) is 23.3 Å². The quantitative estimate of drug-likeness (QED) is 0.351. The number of fused-ring (bicyclic) bond motifs is 1. The van der Waals surface area contributed by atoms with Crippen molar-refractivity contribution in [1.82, 2.24) is 5.32 Å². The van der Waals surface area contributed by atoms with Crippen LogP contribution in [0.2, 0.25) is 0 Å². The molecule has 0 saturated heterocycles. The second kappa shape index (κ2) is 6.08. The van der Waals surface area contributed by atoms with E-state index in [9.17, 15) is 9.90 Å². The van der Waals surface area contributed by atoms with Gasteiger partial charge in [-0.05, 0) is 28.8 Å². The zero-order chi connectivity index (χ0) is 13.7. The first-order valence-electron chi connectivity index (χ1n) is 5.95. The largest absolute Gasteiger partial charge is 0.493 e. The molecule has 1 aliphatic rings. The number of azide groups is 1. The monoisotopic (exact) mass is 262 g/mol. The van der Waals surface area contributed by atoms with E-state index in [4.69, 9.17) is 10.3 Å². The number of nitrogens with one attached hydrogen (secondary N) is 1. The van der Waals surface area contributed by atoms with Crippen LogP contribution in [0, 0.1) is 0 Å². The van der Waals surface area contributed by atoms with E-state index in [1.165, 1.54) is 0 Å². The topological polar surface area (TPSA) is 107 Å². The highest BCUT2D eigenvalue weighted by atomic mass is 16.5. The summed E-state index contributed by atoms with van der Waals surface area (Å²) in [5.41, 5.74) is 9.87. The summed E-state index contributed by atoms with van der Waals surface area (Å²) in [6, 6.07) is 4.58. The molecular formula is C12H14N4O3. The molecule has 1 aromatic carbocycles. The van der Waals surface area contributed by atoms with Crippen molar-refractivity contribution in [1.29, 1.82) is 0 Å². The average Bonchev–Trinajstić information content (AvgIpc) is 2.85. The average molecular weight is 262 g/mol. The zero-order valence-electron chi connectivity index (χ0n) is 10.2. The van der Waals surface area contributed by atoms with Crippen molar-refractivity contribution >= 4 is 5.97 Å². The zero-order valence-corrected chi connectivity index (χ0v) is 10.2. The maximum absolute atomic E-state index is 11.3. The van der Waals surface area contributed by atoms with E-state index in [2.05, 4.69) is 15.3 Å². The highest BCUT2D eigenvalue weighted by Gasteiger charge is 2.21. The summed E-state index contributed by atoms with van der Waals surface area (Å²) < 4.78 is 5.38. The van der Waals surface area contributed by atoms with Crippen molar-refractivity contribution in [3.8, 4) is 5.75 Å². The van der Waals surface area contributed by atoms with Gasteiger partial charge in [0.25, 0.3) is 0 Å². The van der Waals surface area contributed by atoms with Gasteiger partial charge in [-0.2, -0.15) is 0 Å². The first-order chi connectivity index (χ1) is 9.22. The minimum Gasteiger partial charge on any atom is -0.493 e. The number of ether oxygens (including phenoxy) is 1. The molecule has 0 bridgehead atoms. The fourth-order valence-electron chi connectivity index (χ4n) is 2.04. The molecule has 7 nitrogen and oxygen atoms in total. The summed E-state index contributed by atoms with van der Waals surface area (Å²) in [4.78, 5) is 13.9. The second-order valence-electron chi connectivity index (χ2n) is 4.15. The summed E-state index contributed by atoms with van der Waals surface area (Å²) in [7, 11) is 0. The van der Waals surface area contributed by atoms with E-state index in [-0.39, 0.29) is 6.54 Å². The molecule has 0 aliphatic carbocycles. The molecule has 0 saturated carbocycles. The van der Waals surface area contributed by atoms with Gasteiger partial charge in [-0.15, -0.1) is 0 Å². The van der Waals surface area contributed by atoms with E-state index in [1.807, 2.05) is 6.07 Å². The summed E-state index contributed by atoms with van der Waals surface area (Å²) in [6.45, 7) is 1.17. The number of carboxylic acid groups (broad SMARTS) is 1. The van der Waals surface area contributed by atoms with Crippen LogP contribution in [-0.2, 0) is 11.2 Å². The van der Waals surface area contributed by atoms with Gasteiger partial charge in [0.05, 0.1) is 6.61 Å². The molecular weight excluding hydrogens is 248 g/mol. The third-order valence-electron chi connectivity index (χ3n) is 2.92. The number of hydrogen-bond donors (Lipinski definition) is 2. The molecule has 19 heavy (non-hydrogen) atoms. The van der Waals surface area contributed by atoms with Gasteiger partial charge in [0.2, 0.25) is 0 Å². The first kappa shape index (κ1) is 13.2. The lowest BCUT2D eigenvalue weighted by atomic mass is 10.0. The van der Waals surface area contributed by atoms with Crippen molar-refractivity contribution in [3.05, 3.63) is 39.8 Å². The number of rotatable bonds is 6. The Morgan fingerprint density at radius 1 is 1.63 bits per heavy atom. The van der Waals surface area contributed by atoms with E-state index >= 15 is 0 Å². The summed E-state index contributed by atoms with van der Waals surface area (Å²) in [5.74, 6) is -0.137. The van der Waals surface area contributed by atoms with Gasteiger partial charge in [-0.3, -0.25) is 4.79 Å². The van der Waals surface area contributed by atoms with Crippen molar-refractivity contribution < 1.29 is 14.6 Å². The Kier molecular flexibility index (Phi) is 4.22. The lowest BCUT2D eigenvalue weighted by Crippen LogP contribution is -2.30. The lowest BCUT2D eigenvalue weighted by molar-refractivity contribution is -0.139. The van der Waals surface area contributed by atoms with Crippen LogP contribution in [0.5, 0.6) is 5.75 Å². The molecule has 0 spiro atoms. The Bertz CT molecular complexity index is 526. The van der Waals surface area contributed by atoms with Gasteiger partial charge in [0.15, 0.2) is 0 Å². The predicted molar refractivity (Wildman–Crippen MR) is 68.0 cm³/mol. The Hall–Kier alpha value is -2.24. The number of carbonyl (C=O) groups is 1. The molecule has 0 aromatic heterocycles. The maximum Gasteiger partial charge on any atom is 0.325 e. The third-order valence-corrected chi connectivity index (χ3v) is 2.92. The molecule has 0 radical (unpaired) electrons. The van der Waals surface area contributed by atoms with Crippen LogP contribution in [0.4, 0.5) is 0 Å². The normalized spacial score (nSPS) is 14.1. The fraction of sp³-hybridized carbons (Fsp3) is 0.417. The van der Waals surface area contributed by atoms with Crippen LogP contribution in [-0.4, -0.2) is 30.8 Å². The molecule has 0 amide bonds.